The normalized spacial score (nSPS) is 10.5. The highest BCUT2D eigenvalue weighted by molar-refractivity contribution is 5.94. The summed E-state index contributed by atoms with van der Waals surface area (Å²) in [5, 5.41) is 0.539. The van der Waals surface area contributed by atoms with Crippen LogP contribution in [0.2, 0.25) is 0 Å². The average molecular weight is 238 g/mol. The van der Waals surface area contributed by atoms with Gasteiger partial charge in [-0.15, -0.1) is 0 Å². The van der Waals surface area contributed by atoms with Crippen molar-refractivity contribution in [3.05, 3.63) is 29.8 Å². The van der Waals surface area contributed by atoms with Gasteiger partial charge in [0.1, 0.15) is 17.1 Å². The first-order chi connectivity index (χ1) is 8.15. The third-order valence-corrected chi connectivity index (χ3v) is 2.26. The molecule has 0 spiro atoms. The Labute approximate surface area is 96.9 Å². The Morgan fingerprint density at radius 3 is 2.82 bits per heavy atom. The van der Waals surface area contributed by atoms with Gasteiger partial charge in [0.15, 0.2) is 0 Å². The number of hydrogen-bond donors (Lipinski definition) is 0. The molecule has 0 N–H and O–H groups in total. The number of methoxy groups -OCH3 is 1. The van der Waals surface area contributed by atoms with Crippen molar-refractivity contribution in [3.63, 3.8) is 0 Å². The number of halogens is 1. The number of carbonyl (C=O) groups is 1. The monoisotopic (exact) mass is 238 g/mol. The van der Waals surface area contributed by atoms with E-state index in [9.17, 15) is 9.18 Å². The van der Waals surface area contributed by atoms with E-state index in [1.165, 1.54) is 25.3 Å². The number of benzene rings is 1. The lowest BCUT2D eigenvalue weighted by Gasteiger charge is -1.99. The molecular weight excluding hydrogens is 227 g/mol. The van der Waals surface area contributed by atoms with E-state index in [0.717, 1.165) is 0 Å². The van der Waals surface area contributed by atoms with Gasteiger partial charge in [-0.3, -0.25) is 0 Å². The first-order valence-corrected chi connectivity index (χ1v) is 5.10. The Hall–Kier alpha value is -2.04. The summed E-state index contributed by atoms with van der Waals surface area (Å²) in [5.41, 5.74) is 0.255. The van der Waals surface area contributed by atoms with E-state index >= 15 is 0 Å². The van der Waals surface area contributed by atoms with E-state index in [4.69, 9.17) is 13.9 Å². The molecule has 0 saturated heterocycles. The fourth-order valence-corrected chi connectivity index (χ4v) is 1.55. The molecule has 1 aromatic heterocycles. The van der Waals surface area contributed by atoms with Crippen molar-refractivity contribution in [2.45, 2.75) is 6.92 Å². The Morgan fingerprint density at radius 2 is 2.18 bits per heavy atom. The highest BCUT2D eigenvalue weighted by Crippen LogP contribution is 2.30. The summed E-state index contributed by atoms with van der Waals surface area (Å²) in [6.07, 6.45) is 0. The molecule has 0 aliphatic rings. The van der Waals surface area contributed by atoms with Crippen molar-refractivity contribution in [1.29, 1.82) is 0 Å². The predicted octanol–water partition coefficient (Wildman–Crippen LogP) is 2.76. The van der Waals surface area contributed by atoms with Gasteiger partial charge in [0.05, 0.1) is 19.1 Å². The Morgan fingerprint density at radius 1 is 1.41 bits per heavy atom. The molecule has 0 amide bonds. The van der Waals surface area contributed by atoms with E-state index in [-0.39, 0.29) is 18.0 Å². The molecule has 17 heavy (non-hydrogen) atoms. The lowest BCUT2D eigenvalue weighted by molar-refractivity contribution is 0.0492. The van der Waals surface area contributed by atoms with Crippen LogP contribution in [0.4, 0.5) is 4.39 Å². The zero-order chi connectivity index (χ0) is 12.4. The average Bonchev–Trinajstić information content (AvgIpc) is 2.71. The van der Waals surface area contributed by atoms with Crippen molar-refractivity contribution in [3.8, 4) is 5.75 Å². The van der Waals surface area contributed by atoms with Crippen LogP contribution < -0.4 is 4.74 Å². The maximum atomic E-state index is 13.2. The number of fused-ring (bicyclic) bond motifs is 1. The number of furan rings is 1. The number of esters is 1. The summed E-state index contributed by atoms with van der Waals surface area (Å²) in [6, 6.07) is 3.90. The van der Waals surface area contributed by atoms with Gasteiger partial charge in [0.2, 0.25) is 5.76 Å². The first kappa shape index (κ1) is 11.4. The smallest absolute Gasteiger partial charge is 0.374 e. The Balaban J connectivity index is 2.53. The molecule has 0 unspecified atom stereocenters. The number of ether oxygens (including phenoxy) is 2. The van der Waals surface area contributed by atoms with Gasteiger partial charge in [0, 0.05) is 18.2 Å². The molecule has 0 atom stereocenters. The first-order valence-electron chi connectivity index (χ1n) is 5.10. The summed E-state index contributed by atoms with van der Waals surface area (Å²) in [7, 11) is 1.42. The number of carbonyl (C=O) groups excluding carboxylic acids is 1. The molecule has 2 rings (SSSR count). The topological polar surface area (TPSA) is 48.7 Å². The molecule has 90 valence electrons. The van der Waals surface area contributed by atoms with Crippen LogP contribution in [0.15, 0.2) is 22.6 Å². The minimum atomic E-state index is -0.578. The second kappa shape index (κ2) is 4.45. The maximum absolute atomic E-state index is 13.2. The molecular formula is C12H11FO4. The van der Waals surface area contributed by atoms with Crippen LogP contribution in [0.3, 0.4) is 0 Å². The maximum Gasteiger partial charge on any atom is 0.374 e. The molecule has 1 heterocycles. The van der Waals surface area contributed by atoms with Crippen LogP contribution in [0, 0.1) is 5.82 Å². The second-order valence-electron chi connectivity index (χ2n) is 3.35. The van der Waals surface area contributed by atoms with Gasteiger partial charge in [-0.25, -0.2) is 9.18 Å². The Kier molecular flexibility index (Phi) is 2.99. The largest absolute Gasteiger partial charge is 0.496 e. The molecule has 0 fully saturated rings. The highest BCUT2D eigenvalue weighted by atomic mass is 19.1. The van der Waals surface area contributed by atoms with E-state index < -0.39 is 11.8 Å². The van der Waals surface area contributed by atoms with Crippen molar-refractivity contribution in [2.24, 2.45) is 0 Å². The molecule has 1 aromatic carbocycles. The molecule has 4 nitrogen and oxygen atoms in total. The second-order valence-corrected chi connectivity index (χ2v) is 3.35. The lowest BCUT2D eigenvalue weighted by atomic mass is 10.2. The van der Waals surface area contributed by atoms with Gasteiger partial charge in [-0.05, 0) is 6.92 Å². The SMILES string of the molecule is CCOC(=O)c1cc2c(OC)cc(F)cc2o1. The third-order valence-electron chi connectivity index (χ3n) is 2.26. The minimum Gasteiger partial charge on any atom is -0.496 e. The number of hydrogen-bond acceptors (Lipinski definition) is 4. The third kappa shape index (κ3) is 2.08. The quantitative estimate of drug-likeness (QED) is 0.771. The van der Waals surface area contributed by atoms with E-state index in [2.05, 4.69) is 0 Å². The van der Waals surface area contributed by atoms with Gasteiger partial charge >= 0.3 is 5.97 Å². The van der Waals surface area contributed by atoms with Gasteiger partial charge in [-0.2, -0.15) is 0 Å². The van der Waals surface area contributed by atoms with Gasteiger partial charge in [-0.1, -0.05) is 0 Å². The van der Waals surface area contributed by atoms with Crippen LogP contribution in [-0.2, 0) is 4.74 Å². The van der Waals surface area contributed by atoms with E-state index in [1.807, 2.05) is 0 Å². The zero-order valence-electron chi connectivity index (χ0n) is 9.45. The summed E-state index contributed by atoms with van der Waals surface area (Å²) < 4.78 is 28.2. The molecule has 5 heteroatoms. The van der Waals surface area contributed by atoms with Crippen molar-refractivity contribution < 1.29 is 23.1 Å². The number of rotatable bonds is 3. The van der Waals surface area contributed by atoms with Crippen LogP contribution in [0.25, 0.3) is 11.0 Å². The van der Waals surface area contributed by atoms with Crippen LogP contribution in [-0.4, -0.2) is 19.7 Å². The van der Waals surface area contributed by atoms with E-state index in [0.29, 0.717) is 11.1 Å². The fraction of sp³-hybridized carbons (Fsp3) is 0.250. The molecule has 0 aliphatic heterocycles. The molecule has 0 aliphatic carbocycles. The summed E-state index contributed by atoms with van der Waals surface area (Å²) in [5.74, 6) is -0.713. The summed E-state index contributed by atoms with van der Waals surface area (Å²) >= 11 is 0. The van der Waals surface area contributed by atoms with E-state index in [1.54, 1.807) is 6.92 Å². The molecule has 0 saturated carbocycles. The Bertz CT molecular complexity index is 559. The van der Waals surface area contributed by atoms with Gasteiger partial charge in [0.25, 0.3) is 0 Å². The van der Waals surface area contributed by atoms with Crippen molar-refractivity contribution in [1.82, 2.24) is 0 Å². The van der Waals surface area contributed by atoms with Crippen molar-refractivity contribution in [2.75, 3.05) is 13.7 Å². The predicted molar refractivity (Wildman–Crippen MR) is 58.7 cm³/mol. The standard InChI is InChI=1S/C12H11FO4/c1-3-16-12(14)11-6-8-9(15-2)4-7(13)5-10(8)17-11/h4-6H,3H2,1-2H3. The lowest BCUT2D eigenvalue weighted by Crippen LogP contribution is -2.02. The van der Waals surface area contributed by atoms with Gasteiger partial charge < -0.3 is 13.9 Å². The molecule has 0 bridgehead atoms. The summed E-state index contributed by atoms with van der Waals surface area (Å²) in [6.45, 7) is 1.95. The fourth-order valence-electron chi connectivity index (χ4n) is 1.55. The van der Waals surface area contributed by atoms with Crippen molar-refractivity contribution >= 4 is 16.9 Å². The van der Waals surface area contributed by atoms with Crippen LogP contribution >= 0.6 is 0 Å². The molecule has 0 radical (unpaired) electrons. The van der Waals surface area contributed by atoms with Crippen LogP contribution in [0.5, 0.6) is 5.75 Å². The zero-order valence-corrected chi connectivity index (χ0v) is 9.45. The molecule has 2 aromatic rings. The van der Waals surface area contributed by atoms with Crippen LogP contribution in [0.1, 0.15) is 17.5 Å². The summed E-state index contributed by atoms with van der Waals surface area (Å²) in [4.78, 5) is 11.4. The highest BCUT2D eigenvalue weighted by Gasteiger charge is 2.16. The minimum absolute atomic E-state index is 0.0331.